The van der Waals surface area contributed by atoms with Gasteiger partial charge in [-0.3, -0.25) is 0 Å². The highest BCUT2D eigenvalue weighted by atomic mass is 19.2. The number of rotatable bonds is 3. The Hall–Kier alpha value is -1.49. The summed E-state index contributed by atoms with van der Waals surface area (Å²) in [4.78, 5) is 4.00. The summed E-state index contributed by atoms with van der Waals surface area (Å²) < 4.78 is 35.7. The van der Waals surface area contributed by atoms with Gasteiger partial charge in [0, 0.05) is 25.7 Å². The normalized spacial score (nSPS) is 11.1. The number of hydrogen-bond acceptors (Lipinski definition) is 3. The maximum Gasteiger partial charge on any atom is 0.197 e. The van der Waals surface area contributed by atoms with Crippen LogP contribution >= 0.6 is 0 Å². The van der Waals surface area contributed by atoms with E-state index in [-0.39, 0.29) is 5.58 Å². The first-order valence-corrected chi connectivity index (χ1v) is 4.44. The Morgan fingerprint density at radius 3 is 2.80 bits per heavy atom. The lowest BCUT2D eigenvalue weighted by atomic mass is 10.3. The van der Waals surface area contributed by atoms with Gasteiger partial charge in [-0.05, 0) is 0 Å². The number of ether oxygens (including phenoxy) is 1. The number of aromatic nitrogens is 1. The monoisotopic (exact) mass is 213 g/mol. The molecule has 0 aliphatic rings. The van der Waals surface area contributed by atoms with Gasteiger partial charge in [0.15, 0.2) is 23.1 Å². The largest absolute Gasteiger partial charge is 0.440 e. The molecule has 0 N–H and O–H groups in total. The summed E-state index contributed by atoms with van der Waals surface area (Å²) in [5, 5.41) is 0. The fraction of sp³-hybridized carbons (Fsp3) is 0.300. The molecule has 0 spiro atoms. The van der Waals surface area contributed by atoms with Gasteiger partial charge in [-0.15, -0.1) is 0 Å². The number of methoxy groups -OCH3 is 1. The molecule has 0 radical (unpaired) electrons. The topological polar surface area (TPSA) is 35.3 Å². The van der Waals surface area contributed by atoms with Crippen LogP contribution in [0.1, 0.15) is 5.89 Å². The van der Waals surface area contributed by atoms with Gasteiger partial charge in [-0.25, -0.2) is 13.8 Å². The van der Waals surface area contributed by atoms with Crippen molar-refractivity contribution >= 4 is 11.1 Å². The van der Waals surface area contributed by atoms with Crippen LogP contribution in [0.4, 0.5) is 8.78 Å². The smallest absolute Gasteiger partial charge is 0.197 e. The van der Waals surface area contributed by atoms with Crippen LogP contribution in [0.3, 0.4) is 0 Å². The van der Waals surface area contributed by atoms with E-state index >= 15 is 0 Å². The van der Waals surface area contributed by atoms with E-state index in [1.54, 1.807) is 7.11 Å². The van der Waals surface area contributed by atoms with E-state index in [4.69, 9.17) is 9.15 Å². The van der Waals surface area contributed by atoms with Crippen LogP contribution in [0.25, 0.3) is 11.1 Å². The zero-order valence-electron chi connectivity index (χ0n) is 8.09. The Morgan fingerprint density at radius 1 is 1.33 bits per heavy atom. The van der Waals surface area contributed by atoms with Gasteiger partial charge in [-0.2, -0.15) is 0 Å². The van der Waals surface area contributed by atoms with Crippen LogP contribution in [0.2, 0.25) is 0 Å². The first kappa shape index (κ1) is 10.0. The summed E-state index contributed by atoms with van der Waals surface area (Å²) in [6, 6.07) is 2.01. The third kappa shape index (κ3) is 1.97. The van der Waals surface area contributed by atoms with E-state index in [1.807, 2.05) is 0 Å². The first-order chi connectivity index (χ1) is 7.20. The van der Waals surface area contributed by atoms with E-state index in [1.165, 1.54) is 0 Å². The highest BCUT2D eigenvalue weighted by Crippen LogP contribution is 2.19. The molecule has 15 heavy (non-hydrogen) atoms. The van der Waals surface area contributed by atoms with Gasteiger partial charge < -0.3 is 9.15 Å². The zero-order valence-corrected chi connectivity index (χ0v) is 8.09. The first-order valence-electron chi connectivity index (χ1n) is 4.44. The van der Waals surface area contributed by atoms with E-state index in [0.717, 1.165) is 12.1 Å². The Balaban J connectivity index is 2.38. The molecule has 1 heterocycles. The minimum Gasteiger partial charge on any atom is -0.440 e. The van der Waals surface area contributed by atoms with Crippen molar-refractivity contribution in [3.63, 3.8) is 0 Å². The van der Waals surface area contributed by atoms with Crippen molar-refractivity contribution in [1.82, 2.24) is 4.98 Å². The SMILES string of the molecule is COCCc1nc2cc(F)c(F)cc2o1. The molecule has 0 amide bonds. The Morgan fingerprint density at radius 2 is 2.07 bits per heavy atom. The summed E-state index contributed by atoms with van der Waals surface area (Å²) in [6.45, 7) is 0.456. The molecule has 0 unspecified atom stereocenters. The minimum absolute atomic E-state index is 0.250. The van der Waals surface area contributed by atoms with Crippen LogP contribution < -0.4 is 0 Å². The van der Waals surface area contributed by atoms with E-state index < -0.39 is 11.6 Å². The summed E-state index contributed by atoms with van der Waals surface area (Å²) in [6.07, 6.45) is 0.481. The molecule has 0 aliphatic carbocycles. The van der Waals surface area contributed by atoms with Gasteiger partial charge in [0.05, 0.1) is 6.61 Å². The van der Waals surface area contributed by atoms with Crippen LogP contribution in [-0.4, -0.2) is 18.7 Å². The van der Waals surface area contributed by atoms with Gasteiger partial charge in [0.2, 0.25) is 0 Å². The lowest BCUT2D eigenvalue weighted by Crippen LogP contribution is -1.93. The van der Waals surface area contributed by atoms with Crippen molar-refractivity contribution in [3.8, 4) is 0 Å². The lowest BCUT2D eigenvalue weighted by molar-refractivity contribution is 0.196. The predicted molar refractivity (Wildman–Crippen MR) is 49.5 cm³/mol. The average Bonchev–Trinajstić information content (AvgIpc) is 2.58. The molecule has 80 valence electrons. The maximum absolute atomic E-state index is 12.8. The highest BCUT2D eigenvalue weighted by molar-refractivity contribution is 5.72. The standard InChI is InChI=1S/C10H9F2NO2/c1-14-3-2-10-13-8-4-6(11)7(12)5-9(8)15-10/h4-5H,2-3H2,1H3. The molecule has 0 atom stereocenters. The molecule has 2 rings (SSSR count). The fourth-order valence-electron chi connectivity index (χ4n) is 1.27. The second-order valence-corrected chi connectivity index (χ2v) is 3.08. The van der Waals surface area contributed by atoms with Gasteiger partial charge >= 0.3 is 0 Å². The van der Waals surface area contributed by atoms with Crippen molar-refractivity contribution in [2.45, 2.75) is 6.42 Å². The quantitative estimate of drug-likeness (QED) is 0.784. The average molecular weight is 213 g/mol. The lowest BCUT2D eigenvalue weighted by Gasteiger charge is -1.91. The second kappa shape index (κ2) is 3.94. The van der Waals surface area contributed by atoms with Crippen LogP contribution in [0.15, 0.2) is 16.5 Å². The Kier molecular flexibility index (Phi) is 2.64. The Labute approximate surface area is 84.7 Å². The second-order valence-electron chi connectivity index (χ2n) is 3.08. The molecular formula is C10H9F2NO2. The van der Waals surface area contributed by atoms with Gasteiger partial charge in [0.1, 0.15) is 5.52 Å². The molecule has 0 aliphatic heterocycles. The molecule has 1 aromatic carbocycles. The number of benzene rings is 1. The Bertz CT molecular complexity index is 442. The molecule has 0 saturated carbocycles. The van der Waals surface area contributed by atoms with Crippen molar-refractivity contribution in [2.24, 2.45) is 0 Å². The molecule has 3 nitrogen and oxygen atoms in total. The van der Waals surface area contributed by atoms with Crippen molar-refractivity contribution in [3.05, 3.63) is 29.7 Å². The van der Waals surface area contributed by atoms with E-state index in [2.05, 4.69) is 4.98 Å². The van der Waals surface area contributed by atoms with Crippen molar-refractivity contribution < 1.29 is 17.9 Å². The van der Waals surface area contributed by atoms with Crippen LogP contribution in [0.5, 0.6) is 0 Å². The van der Waals surface area contributed by atoms with Crippen molar-refractivity contribution in [2.75, 3.05) is 13.7 Å². The third-order valence-electron chi connectivity index (χ3n) is 1.99. The number of hydrogen-bond donors (Lipinski definition) is 0. The molecular weight excluding hydrogens is 204 g/mol. The highest BCUT2D eigenvalue weighted by Gasteiger charge is 2.10. The molecule has 2 aromatic rings. The summed E-state index contributed by atoms with van der Waals surface area (Å²) >= 11 is 0. The number of halogens is 2. The molecule has 0 fully saturated rings. The number of oxazole rings is 1. The maximum atomic E-state index is 12.8. The summed E-state index contributed by atoms with van der Waals surface area (Å²) in [5.74, 6) is -1.44. The summed E-state index contributed by atoms with van der Waals surface area (Å²) in [5.41, 5.74) is 0.569. The fourth-order valence-corrected chi connectivity index (χ4v) is 1.27. The van der Waals surface area contributed by atoms with Crippen LogP contribution in [-0.2, 0) is 11.2 Å². The van der Waals surface area contributed by atoms with Gasteiger partial charge in [0.25, 0.3) is 0 Å². The molecule has 0 saturated heterocycles. The third-order valence-corrected chi connectivity index (χ3v) is 1.99. The van der Waals surface area contributed by atoms with Gasteiger partial charge in [-0.1, -0.05) is 0 Å². The zero-order chi connectivity index (χ0) is 10.8. The number of fused-ring (bicyclic) bond motifs is 1. The predicted octanol–water partition coefficient (Wildman–Crippen LogP) is 2.29. The van der Waals surface area contributed by atoms with E-state index in [9.17, 15) is 8.78 Å². The van der Waals surface area contributed by atoms with E-state index in [0.29, 0.717) is 24.4 Å². The molecule has 1 aromatic heterocycles. The van der Waals surface area contributed by atoms with Crippen LogP contribution in [0, 0.1) is 11.6 Å². The molecule has 0 bridgehead atoms. The van der Waals surface area contributed by atoms with Crippen molar-refractivity contribution in [1.29, 1.82) is 0 Å². The molecule has 5 heteroatoms. The summed E-state index contributed by atoms with van der Waals surface area (Å²) in [7, 11) is 1.56. The minimum atomic E-state index is -0.933. The number of nitrogens with zero attached hydrogens (tertiary/aromatic N) is 1.